The number of carbonyl (C=O) groups excluding carboxylic acids is 3. The van der Waals surface area contributed by atoms with Gasteiger partial charge in [-0.2, -0.15) is 0 Å². The largest absolute Gasteiger partial charge is 0.368 e. The molecule has 3 aromatic rings. The summed E-state index contributed by atoms with van der Waals surface area (Å²) in [6.07, 6.45) is 0.529. The molecule has 2 aliphatic heterocycles. The van der Waals surface area contributed by atoms with Gasteiger partial charge in [0, 0.05) is 17.8 Å². The number of ether oxygens (including phenoxy) is 1. The zero-order chi connectivity index (χ0) is 24.5. The highest BCUT2D eigenvalue weighted by atomic mass is 35.5. The van der Waals surface area contributed by atoms with Crippen molar-refractivity contribution in [3.63, 3.8) is 0 Å². The lowest BCUT2D eigenvalue weighted by Gasteiger charge is -2.27. The molecule has 2 amide bonds. The molecule has 2 aromatic carbocycles. The molecule has 2 aliphatic rings. The molecule has 180 valence electrons. The average molecular weight is 529 g/mol. The van der Waals surface area contributed by atoms with Gasteiger partial charge in [0.2, 0.25) is 5.91 Å². The Morgan fingerprint density at radius 2 is 1.89 bits per heavy atom. The van der Waals surface area contributed by atoms with Crippen LogP contribution in [0, 0.1) is 0 Å². The Bertz CT molecular complexity index is 1280. The molecular formula is C26H22Cl2N2O4S. The minimum absolute atomic E-state index is 0.0143. The van der Waals surface area contributed by atoms with Crippen LogP contribution in [0.4, 0.5) is 0 Å². The minimum atomic E-state index is -0.880. The Morgan fingerprint density at radius 3 is 2.66 bits per heavy atom. The second-order valence-corrected chi connectivity index (χ2v) is 10.5. The van der Waals surface area contributed by atoms with Crippen molar-refractivity contribution in [2.75, 3.05) is 13.2 Å². The van der Waals surface area contributed by atoms with E-state index >= 15 is 0 Å². The van der Waals surface area contributed by atoms with Gasteiger partial charge in [-0.15, -0.1) is 11.3 Å². The number of amides is 2. The van der Waals surface area contributed by atoms with Crippen LogP contribution in [0.3, 0.4) is 0 Å². The summed E-state index contributed by atoms with van der Waals surface area (Å²) < 4.78 is 5.53. The van der Waals surface area contributed by atoms with E-state index in [9.17, 15) is 14.4 Å². The van der Waals surface area contributed by atoms with Crippen LogP contribution in [0.2, 0.25) is 10.0 Å². The van der Waals surface area contributed by atoms with Gasteiger partial charge < -0.3 is 15.0 Å². The highest BCUT2D eigenvalue weighted by Gasteiger charge is 2.48. The Labute approximate surface area is 216 Å². The highest BCUT2D eigenvalue weighted by Crippen LogP contribution is 2.30. The van der Waals surface area contributed by atoms with Crippen molar-refractivity contribution in [1.29, 1.82) is 0 Å². The molecule has 1 N–H and O–H groups in total. The van der Waals surface area contributed by atoms with Gasteiger partial charge in [-0.1, -0.05) is 59.6 Å². The molecule has 2 saturated heterocycles. The molecule has 0 bridgehead atoms. The number of thiophene rings is 1. The quantitative estimate of drug-likeness (QED) is 0.505. The van der Waals surface area contributed by atoms with Crippen LogP contribution in [-0.4, -0.2) is 53.8 Å². The summed E-state index contributed by atoms with van der Waals surface area (Å²) in [7, 11) is 0. The molecule has 35 heavy (non-hydrogen) atoms. The zero-order valence-electron chi connectivity index (χ0n) is 18.6. The summed E-state index contributed by atoms with van der Waals surface area (Å²) in [4.78, 5) is 42.2. The third-order valence-electron chi connectivity index (χ3n) is 6.31. The van der Waals surface area contributed by atoms with Crippen LogP contribution >= 0.6 is 34.5 Å². The summed E-state index contributed by atoms with van der Waals surface area (Å²) in [5, 5.41) is 3.68. The number of Topliss-reactive ketones (excluding diaryl/α,β-unsaturated/α-hetero) is 1. The summed E-state index contributed by atoms with van der Waals surface area (Å²) in [5.74, 6) is -0.762. The van der Waals surface area contributed by atoms with E-state index in [2.05, 4.69) is 5.32 Å². The van der Waals surface area contributed by atoms with Crippen LogP contribution < -0.4 is 5.32 Å². The fourth-order valence-electron chi connectivity index (χ4n) is 4.59. The van der Waals surface area contributed by atoms with E-state index in [1.165, 1.54) is 11.3 Å². The number of halogens is 2. The van der Waals surface area contributed by atoms with Crippen molar-refractivity contribution in [1.82, 2.24) is 10.2 Å². The topological polar surface area (TPSA) is 75.7 Å². The van der Waals surface area contributed by atoms with Gasteiger partial charge in [-0.25, -0.2) is 0 Å². The second kappa shape index (κ2) is 10.1. The molecule has 9 heteroatoms. The fraction of sp³-hybridized carbons (Fsp3) is 0.269. The summed E-state index contributed by atoms with van der Waals surface area (Å²) >= 11 is 13.6. The van der Waals surface area contributed by atoms with Crippen molar-refractivity contribution in [2.24, 2.45) is 0 Å². The Kier molecular flexibility index (Phi) is 6.93. The summed E-state index contributed by atoms with van der Waals surface area (Å²) in [6.45, 7) is 0.422. The lowest BCUT2D eigenvalue weighted by molar-refractivity contribution is -0.138. The number of rotatable bonds is 6. The smallest absolute Gasteiger partial charge is 0.262 e. The van der Waals surface area contributed by atoms with E-state index in [1.54, 1.807) is 29.2 Å². The Balaban J connectivity index is 1.39. The first kappa shape index (κ1) is 24.0. The molecule has 0 saturated carbocycles. The second-order valence-electron chi connectivity index (χ2n) is 8.59. The maximum Gasteiger partial charge on any atom is 0.262 e. The summed E-state index contributed by atoms with van der Waals surface area (Å²) in [5.41, 5.74) is 1.77. The third kappa shape index (κ3) is 5.00. The number of hydrogen-bond donors (Lipinski definition) is 1. The van der Waals surface area contributed by atoms with E-state index in [4.69, 9.17) is 27.9 Å². The van der Waals surface area contributed by atoms with Gasteiger partial charge in [0.15, 0.2) is 5.78 Å². The fourth-order valence-corrected chi connectivity index (χ4v) is 5.83. The number of hydrogen-bond acceptors (Lipinski definition) is 5. The summed E-state index contributed by atoms with van der Waals surface area (Å²) in [6, 6.07) is 17.1. The molecule has 3 atom stereocenters. The van der Waals surface area contributed by atoms with E-state index in [0.717, 1.165) is 16.0 Å². The third-order valence-corrected chi connectivity index (χ3v) is 8.18. The highest BCUT2D eigenvalue weighted by molar-refractivity contribution is 7.17. The first-order valence-electron chi connectivity index (χ1n) is 11.3. The monoisotopic (exact) mass is 528 g/mol. The lowest BCUT2D eigenvalue weighted by Crippen LogP contribution is -2.53. The van der Waals surface area contributed by atoms with Gasteiger partial charge in [0.1, 0.15) is 18.7 Å². The predicted octanol–water partition coefficient (Wildman–Crippen LogP) is 4.63. The number of nitrogens with zero attached hydrogens (tertiary/aromatic N) is 1. The Hall–Kier alpha value is -2.71. The van der Waals surface area contributed by atoms with E-state index in [1.807, 2.05) is 36.4 Å². The molecule has 2 fully saturated rings. The molecule has 0 radical (unpaired) electrons. The molecular weight excluding hydrogens is 507 g/mol. The van der Waals surface area contributed by atoms with E-state index in [-0.39, 0.29) is 36.7 Å². The normalized spacial score (nSPS) is 20.1. The molecule has 5 rings (SSSR count). The van der Waals surface area contributed by atoms with Crippen molar-refractivity contribution in [3.05, 3.63) is 81.1 Å². The van der Waals surface area contributed by atoms with Gasteiger partial charge >= 0.3 is 0 Å². The van der Waals surface area contributed by atoms with E-state index < -0.39 is 12.1 Å². The number of carbonyl (C=O) groups is 3. The van der Waals surface area contributed by atoms with Crippen molar-refractivity contribution < 1.29 is 19.1 Å². The van der Waals surface area contributed by atoms with Gasteiger partial charge in [0.05, 0.1) is 21.0 Å². The number of likely N-dealkylation sites (tertiary alicyclic amines) is 1. The Morgan fingerprint density at radius 1 is 1.09 bits per heavy atom. The number of fused-ring (bicyclic) bond motifs is 1. The van der Waals surface area contributed by atoms with Crippen LogP contribution in [0.5, 0.6) is 0 Å². The lowest BCUT2D eigenvalue weighted by atomic mass is 10.0. The zero-order valence-corrected chi connectivity index (χ0v) is 20.9. The molecule has 6 nitrogen and oxygen atoms in total. The molecule has 3 heterocycles. The van der Waals surface area contributed by atoms with Gasteiger partial charge in [0.25, 0.3) is 5.91 Å². The first-order valence-corrected chi connectivity index (χ1v) is 12.8. The van der Waals surface area contributed by atoms with Crippen molar-refractivity contribution in [3.8, 4) is 10.4 Å². The van der Waals surface area contributed by atoms with Crippen molar-refractivity contribution >= 4 is 52.1 Å². The minimum Gasteiger partial charge on any atom is -0.368 e. The van der Waals surface area contributed by atoms with Crippen LogP contribution in [0.15, 0.2) is 60.7 Å². The number of nitrogens with one attached hydrogen (secondary N) is 1. The SMILES string of the molecule is O=C(NC(Cc1ccc(Cl)c(Cl)c1)C(=O)N1CCC2OCC(=O)C21)c1ccc(-c2ccccc2)s1. The molecule has 3 unspecified atom stereocenters. The van der Waals surface area contributed by atoms with Crippen molar-refractivity contribution in [2.45, 2.75) is 31.0 Å². The molecule has 0 spiro atoms. The predicted molar refractivity (Wildman–Crippen MR) is 136 cm³/mol. The van der Waals surface area contributed by atoms with Crippen LogP contribution in [0.1, 0.15) is 21.7 Å². The van der Waals surface area contributed by atoms with Crippen LogP contribution in [-0.2, 0) is 20.7 Å². The average Bonchev–Trinajstić information content (AvgIpc) is 3.59. The van der Waals surface area contributed by atoms with E-state index in [0.29, 0.717) is 27.9 Å². The first-order chi connectivity index (χ1) is 16.9. The molecule has 1 aromatic heterocycles. The van der Waals surface area contributed by atoms with Gasteiger partial charge in [-0.05, 0) is 41.8 Å². The molecule has 0 aliphatic carbocycles. The van der Waals surface area contributed by atoms with Gasteiger partial charge in [-0.3, -0.25) is 14.4 Å². The maximum atomic E-state index is 13.6. The number of ketones is 1. The standard InChI is InChI=1S/C26H22Cl2N2O4S/c27-17-7-6-15(12-18(17)28)13-19(26(33)30-11-10-21-24(30)20(31)14-34-21)29-25(32)23-9-8-22(35-23)16-4-2-1-3-5-16/h1-9,12,19,21,24H,10-11,13-14H2,(H,29,32). The number of benzene rings is 2. The van der Waals surface area contributed by atoms with Crippen LogP contribution in [0.25, 0.3) is 10.4 Å². The maximum absolute atomic E-state index is 13.6.